The number of nitrogens with zero attached hydrogens (tertiary/aromatic N) is 2. The molecule has 84 valence electrons. The number of oxime groups is 1. The van der Waals surface area contributed by atoms with Crippen LogP contribution in [0.4, 0.5) is 0 Å². The molecule has 2 rings (SSSR count). The van der Waals surface area contributed by atoms with E-state index in [1.807, 2.05) is 16.7 Å². The van der Waals surface area contributed by atoms with Crippen molar-refractivity contribution >= 4 is 23.5 Å². The third-order valence-electron chi connectivity index (χ3n) is 3.06. The molecule has 0 aromatic rings. The van der Waals surface area contributed by atoms with Crippen LogP contribution in [0.15, 0.2) is 5.16 Å². The van der Waals surface area contributed by atoms with Crippen molar-refractivity contribution in [2.24, 2.45) is 16.3 Å². The molecule has 1 saturated carbocycles. The minimum absolute atomic E-state index is 0.0399. The number of rotatable bonds is 2. The standard InChI is InChI=1S/C9H15N3O2S/c10-7(11-14)9(1-2-9)8(13)12-3-5-15-6-4-12/h14H,1-6H2,(H2,10,11). The molecule has 5 nitrogen and oxygen atoms in total. The van der Waals surface area contributed by atoms with Gasteiger partial charge in [0.25, 0.3) is 0 Å². The van der Waals surface area contributed by atoms with Gasteiger partial charge < -0.3 is 15.8 Å². The van der Waals surface area contributed by atoms with Crippen LogP contribution >= 0.6 is 11.8 Å². The second kappa shape index (κ2) is 3.92. The molecule has 1 aliphatic carbocycles. The summed E-state index contributed by atoms with van der Waals surface area (Å²) >= 11 is 1.86. The van der Waals surface area contributed by atoms with Gasteiger partial charge in [0.1, 0.15) is 5.41 Å². The minimum atomic E-state index is -0.670. The average Bonchev–Trinajstić information content (AvgIpc) is 3.09. The van der Waals surface area contributed by atoms with Crippen molar-refractivity contribution in [2.75, 3.05) is 24.6 Å². The Hall–Kier alpha value is -0.910. The largest absolute Gasteiger partial charge is 0.409 e. The molecule has 3 N–H and O–H groups in total. The fourth-order valence-electron chi connectivity index (χ4n) is 1.87. The van der Waals surface area contributed by atoms with Gasteiger partial charge in [-0.1, -0.05) is 5.16 Å². The normalized spacial score (nSPS) is 25.1. The van der Waals surface area contributed by atoms with E-state index < -0.39 is 5.41 Å². The molecule has 0 spiro atoms. The summed E-state index contributed by atoms with van der Waals surface area (Å²) in [6.45, 7) is 1.56. The molecule has 0 atom stereocenters. The van der Waals surface area contributed by atoms with E-state index in [1.165, 1.54) is 0 Å². The first-order chi connectivity index (χ1) is 7.20. The van der Waals surface area contributed by atoms with Gasteiger partial charge in [-0.2, -0.15) is 11.8 Å². The Balaban J connectivity index is 2.07. The van der Waals surface area contributed by atoms with Crippen molar-refractivity contribution in [1.29, 1.82) is 0 Å². The summed E-state index contributed by atoms with van der Waals surface area (Å²) < 4.78 is 0. The first kappa shape index (κ1) is 10.6. The second-order valence-electron chi connectivity index (χ2n) is 3.97. The van der Waals surface area contributed by atoms with Crippen LogP contribution in [0.1, 0.15) is 12.8 Å². The summed E-state index contributed by atoms with van der Waals surface area (Å²) in [4.78, 5) is 14.0. The highest BCUT2D eigenvalue weighted by Crippen LogP contribution is 2.47. The van der Waals surface area contributed by atoms with E-state index >= 15 is 0 Å². The molecule has 1 aliphatic heterocycles. The second-order valence-corrected chi connectivity index (χ2v) is 5.20. The number of amidine groups is 1. The molecule has 2 fully saturated rings. The van der Waals surface area contributed by atoms with Crippen LogP contribution in [0.2, 0.25) is 0 Å². The van der Waals surface area contributed by atoms with Crippen LogP contribution in [0.3, 0.4) is 0 Å². The molecule has 1 heterocycles. The van der Waals surface area contributed by atoms with Crippen LogP contribution in [-0.2, 0) is 4.79 Å². The highest BCUT2D eigenvalue weighted by molar-refractivity contribution is 7.99. The van der Waals surface area contributed by atoms with Crippen LogP contribution in [0.5, 0.6) is 0 Å². The van der Waals surface area contributed by atoms with Gasteiger partial charge in [-0.05, 0) is 12.8 Å². The van der Waals surface area contributed by atoms with Gasteiger partial charge in [0.05, 0.1) is 0 Å². The fourth-order valence-corrected chi connectivity index (χ4v) is 2.77. The molecule has 2 aliphatic rings. The highest BCUT2D eigenvalue weighted by atomic mass is 32.2. The summed E-state index contributed by atoms with van der Waals surface area (Å²) in [5.41, 5.74) is 4.90. The predicted molar refractivity (Wildman–Crippen MR) is 59.0 cm³/mol. The Bertz CT molecular complexity index is 296. The van der Waals surface area contributed by atoms with E-state index in [1.54, 1.807) is 0 Å². The molecule has 6 heteroatoms. The van der Waals surface area contributed by atoms with Gasteiger partial charge in [0, 0.05) is 24.6 Å². The van der Waals surface area contributed by atoms with Crippen molar-refractivity contribution in [3.63, 3.8) is 0 Å². The molecular formula is C9H15N3O2S. The zero-order valence-electron chi connectivity index (χ0n) is 8.48. The van der Waals surface area contributed by atoms with E-state index in [2.05, 4.69) is 5.16 Å². The van der Waals surface area contributed by atoms with E-state index in [4.69, 9.17) is 10.9 Å². The zero-order valence-corrected chi connectivity index (χ0v) is 9.29. The lowest BCUT2D eigenvalue weighted by Crippen LogP contribution is -2.46. The van der Waals surface area contributed by atoms with Crippen LogP contribution < -0.4 is 5.73 Å². The van der Waals surface area contributed by atoms with E-state index in [0.717, 1.165) is 24.6 Å². The Kier molecular flexibility index (Phi) is 2.77. The number of nitrogens with two attached hydrogens (primary N) is 1. The maximum atomic E-state index is 12.1. The molecule has 15 heavy (non-hydrogen) atoms. The number of thioether (sulfide) groups is 1. The van der Waals surface area contributed by atoms with Crippen molar-refractivity contribution in [3.8, 4) is 0 Å². The molecule has 0 radical (unpaired) electrons. The summed E-state index contributed by atoms with van der Waals surface area (Å²) in [5, 5.41) is 11.6. The molecule has 1 saturated heterocycles. The van der Waals surface area contributed by atoms with Gasteiger partial charge in [-0.15, -0.1) is 0 Å². The van der Waals surface area contributed by atoms with Gasteiger partial charge in [0.15, 0.2) is 5.84 Å². The van der Waals surface area contributed by atoms with Crippen LogP contribution in [0, 0.1) is 5.41 Å². The Morgan fingerprint density at radius 1 is 1.40 bits per heavy atom. The molecule has 1 amide bonds. The first-order valence-corrected chi connectivity index (χ1v) is 6.21. The minimum Gasteiger partial charge on any atom is -0.409 e. The maximum Gasteiger partial charge on any atom is 0.236 e. The molecular weight excluding hydrogens is 214 g/mol. The third kappa shape index (κ3) is 1.78. The average molecular weight is 229 g/mol. The smallest absolute Gasteiger partial charge is 0.236 e. The third-order valence-corrected chi connectivity index (χ3v) is 4.00. The maximum absolute atomic E-state index is 12.1. The van der Waals surface area contributed by atoms with Crippen molar-refractivity contribution in [3.05, 3.63) is 0 Å². The summed E-state index contributed by atoms with van der Waals surface area (Å²) in [5.74, 6) is 2.08. The van der Waals surface area contributed by atoms with Crippen molar-refractivity contribution in [2.45, 2.75) is 12.8 Å². The Morgan fingerprint density at radius 3 is 2.47 bits per heavy atom. The monoisotopic (exact) mass is 229 g/mol. The summed E-state index contributed by atoms with van der Waals surface area (Å²) in [6.07, 6.45) is 1.43. The van der Waals surface area contributed by atoms with Gasteiger partial charge in [-0.3, -0.25) is 4.79 Å². The predicted octanol–water partition coefficient (Wildman–Crippen LogP) is 0.0884. The molecule has 0 bridgehead atoms. The molecule has 0 aromatic heterocycles. The topological polar surface area (TPSA) is 78.9 Å². The SMILES string of the molecule is NC(=NO)C1(C(=O)N2CCSCC2)CC1. The number of carbonyl (C=O) groups excluding carboxylic acids is 1. The fraction of sp³-hybridized carbons (Fsp3) is 0.778. The number of hydrogen-bond acceptors (Lipinski definition) is 4. The van der Waals surface area contributed by atoms with Crippen molar-refractivity contribution < 1.29 is 10.0 Å². The summed E-state index contributed by atoms with van der Waals surface area (Å²) in [6, 6.07) is 0. The lowest BCUT2D eigenvalue weighted by atomic mass is 10.0. The van der Waals surface area contributed by atoms with Crippen LogP contribution in [0.25, 0.3) is 0 Å². The van der Waals surface area contributed by atoms with E-state index in [0.29, 0.717) is 12.8 Å². The quantitative estimate of drug-likeness (QED) is 0.304. The van der Waals surface area contributed by atoms with Gasteiger partial charge in [0.2, 0.25) is 5.91 Å². The van der Waals surface area contributed by atoms with E-state index in [9.17, 15) is 4.79 Å². The van der Waals surface area contributed by atoms with Gasteiger partial charge >= 0.3 is 0 Å². The number of carbonyl (C=O) groups is 1. The molecule has 0 unspecified atom stereocenters. The highest BCUT2D eigenvalue weighted by Gasteiger charge is 2.55. The summed E-state index contributed by atoms with van der Waals surface area (Å²) in [7, 11) is 0. The van der Waals surface area contributed by atoms with Crippen molar-refractivity contribution in [1.82, 2.24) is 4.90 Å². The number of hydrogen-bond donors (Lipinski definition) is 2. The number of amides is 1. The molecule has 0 aromatic carbocycles. The Morgan fingerprint density at radius 2 is 2.00 bits per heavy atom. The van der Waals surface area contributed by atoms with Gasteiger partial charge in [-0.25, -0.2) is 0 Å². The lowest BCUT2D eigenvalue weighted by Gasteiger charge is -2.29. The lowest BCUT2D eigenvalue weighted by molar-refractivity contribution is -0.134. The van der Waals surface area contributed by atoms with E-state index in [-0.39, 0.29) is 11.7 Å². The first-order valence-electron chi connectivity index (χ1n) is 5.06. The van der Waals surface area contributed by atoms with Crippen LogP contribution in [-0.4, -0.2) is 46.4 Å². The zero-order chi connectivity index (χ0) is 10.9. The Labute approximate surface area is 92.7 Å².